The number of allylic oxidation sites excluding steroid dienone is 6. The van der Waals surface area contributed by atoms with Crippen LogP contribution in [0.15, 0.2) is 90.3 Å². The third-order valence-electron chi connectivity index (χ3n) is 4.45. The van der Waals surface area contributed by atoms with Crippen LogP contribution in [0.4, 0.5) is 5.69 Å². The maximum absolute atomic E-state index is 5.54. The van der Waals surface area contributed by atoms with Gasteiger partial charge in [0.15, 0.2) is 11.5 Å². The fraction of sp³-hybridized carbons (Fsp3) is 0.0476. The molecule has 0 aromatic heterocycles. The van der Waals surface area contributed by atoms with Gasteiger partial charge in [-0.05, 0) is 29.8 Å². The summed E-state index contributed by atoms with van der Waals surface area (Å²) in [5, 5.41) is 2.11. The highest BCUT2D eigenvalue weighted by Crippen LogP contribution is 2.40. The molecule has 2 aromatic carbocycles. The van der Waals surface area contributed by atoms with Crippen LogP contribution in [-0.2, 0) is 0 Å². The Morgan fingerprint density at radius 2 is 1.68 bits per heavy atom. The lowest BCUT2D eigenvalue weighted by molar-refractivity contribution is 0.174. The number of anilines is 1. The lowest BCUT2D eigenvalue weighted by atomic mass is 10.00. The third kappa shape index (κ3) is 2.31. The van der Waals surface area contributed by atoms with Crippen LogP contribution >= 0.6 is 0 Å². The molecule has 4 heteroatoms. The highest BCUT2D eigenvalue weighted by Gasteiger charge is 2.26. The van der Waals surface area contributed by atoms with Gasteiger partial charge in [0.25, 0.3) is 0 Å². The zero-order valence-corrected chi connectivity index (χ0v) is 13.5. The average molecular weight is 328 g/mol. The fourth-order valence-corrected chi connectivity index (χ4v) is 3.26. The van der Waals surface area contributed by atoms with Crippen molar-refractivity contribution in [3.8, 4) is 11.5 Å². The summed E-state index contributed by atoms with van der Waals surface area (Å²) in [6.45, 7) is 0.283. The van der Waals surface area contributed by atoms with Crippen molar-refractivity contribution >= 4 is 11.3 Å². The average Bonchev–Trinajstić information content (AvgIpc) is 3.40. The van der Waals surface area contributed by atoms with E-state index in [2.05, 4.69) is 52.9 Å². The van der Waals surface area contributed by atoms with E-state index in [0.717, 1.165) is 39.6 Å². The molecule has 4 nitrogen and oxygen atoms in total. The lowest BCUT2D eigenvalue weighted by Gasteiger charge is -2.23. The molecule has 0 radical (unpaired) electrons. The highest BCUT2D eigenvalue weighted by atomic mass is 16.7. The van der Waals surface area contributed by atoms with Gasteiger partial charge in [-0.1, -0.05) is 48.6 Å². The number of ether oxygens (including phenoxy) is 2. The number of hydrogen-bond acceptors (Lipinski definition) is 4. The fourth-order valence-electron chi connectivity index (χ4n) is 3.26. The zero-order chi connectivity index (χ0) is 16.6. The van der Waals surface area contributed by atoms with E-state index in [1.165, 1.54) is 0 Å². The first-order valence-electron chi connectivity index (χ1n) is 8.21. The van der Waals surface area contributed by atoms with Gasteiger partial charge >= 0.3 is 0 Å². The SMILES string of the molecule is C1=CC(=C2C(c3ccc4c(c3)OCO4)=CNN2c2ccccc2)C=C1. The van der Waals surface area contributed by atoms with E-state index in [1.54, 1.807) is 0 Å². The van der Waals surface area contributed by atoms with Gasteiger partial charge in [-0.25, -0.2) is 0 Å². The summed E-state index contributed by atoms with van der Waals surface area (Å²) >= 11 is 0. The smallest absolute Gasteiger partial charge is 0.231 e. The minimum Gasteiger partial charge on any atom is -0.454 e. The van der Waals surface area contributed by atoms with E-state index in [-0.39, 0.29) is 6.79 Å². The Morgan fingerprint density at radius 3 is 2.52 bits per heavy atom. The first kappa shape index (κ1) is 14.0. The van der Waals surface area contributed by atoms with E-state index in [9.17, 15) is 0 Å². The molecule has 0 spiro atoms. The normalized spacial score (nSPS) is 17.3. The third-order valence-corrected chi connectivity index (χ3v) is 4.45. The van der Waals surface area contributed by atoms with Crippen molar-refractivity contribution in [3.63, 3.8) is 0 Å². The van der Waals surface area contributed by atoms with E-state index in [1.807, 2.05) is 36.5 Å². The van der Waals surface area contributed by atoms with Gasteiger partial charge in [-0.15, -0.1) is 0 Å². The minimum absolute atomic E-state index is 0.283. The second-order valence-electron chi connectivity index (χ2n) is 5.95. The number of rotatable bonds is 2. The molecule has 2 aliphatic heterocycles. The molecule has 2 aromatic rings. The van der Waals surface area contributed by atoms with E-state index >= 15 is 0 Å². The molecule has 1 aliphatic carbocycles. The number of para-hydroxylation sites is 1. The van der Waals surface area contributed by atoms with Gasteiger partial charge < -0.3 is 14.9 Å². The topological polar surface area (TPSA) is 33.7 Å². The van der Waals surface area contributed by atoms with Crippen molar-refractivity contribution in [1.82, 2.24) is 5.43 Å². The van der Waals surface area contributed by atoms with Crippen LogP contribution in [0.3, 0.4) is 0 Å². The van der Waals surface area contributed by atoms with Gasteiger partial charge in [0, 0.05) is 17.3 Å². The summed E-state index contributed by atoms with van der Waals surface area (Å²) in [7, 11) is 0. The van der Waals surface area contributed by atoms with Crippen molar-refractivity contribution in [2.45, 2.75) is 0 Å². The van der Waals surface area contributed by atoms with Crippen LogP contribution in [0.2, 0.25) is 0 Å². The second-order valence-corrected chi connectivity index (χ2v) is 5.95. The predicted octanol–water partition coefficient (Wildman–Crippen LogP) is 4.16. The van der Waals surface area contributed by atoms with Gasteiger partial charge in [0.05, 0.1) is 11.4 Å². The largest absolute Gasteiger partial charge is 0.454 e. The number of benzene rings is 2. The monoisotopic (exact) mass is 328 g/mol. The number of hydrazine groups is 1. The Labute approximate surface area is 146 Å². The molecule has 0 unspecified atom stereocenters. The summed E-state index contributed by atoms with van der Waals surface area (Å²) in [6, 6.07) is 16.3. The molecule has 2 heterocycles. The van der Waals surface area contributed by atoms with Crippen LogP contribution in [0.1, 0.15) is 5.56 Å². The maximum atomic E-state index is 5.54. The lowest BCUT2D eigenvalue weighted by Crippen LogP contribution is -2.29. The van der Waals surface area contributed by atoms with Gasteiger partial charge in [-0.2, -0.15) is 0 Å². The summed E-state index contributed by atoms with van der Waals surface area (Å²) in [4.78, 5) is 0. The summed E-state index contributed by atoms with van der Waals surface area (Å²) in [6.07, 6.45) is 10.4. The number of hydrogen-bond donors (Lipinski definition) is 1. The van der Waals surface area contributed by atoms with Crippen molar-refractivity contribution in [2.75, 3.05) is 11.8 Å². The molecule has 0 bridgehead atoms. The molecule has 0 fully saturated rings. The van der Waals surface area contributed by atoms with E-state index in [0.29, 0.717) is 0 Å². The molecular weight excluding hydrogens is 312 g/mol. The second kappa shape index (κ2) is 5.60. The van der Waals surface area contributed by atoms with Crippen LogP contribution < -0.4 is 19.9 Å². The molecule has 0 amide bonds. The maximum Gasteiger partial charge on any atom is 0.231 e. The first-order chi connectivity index (χ1) is 12.4. The number of nitrogens with zero attached hydrogens (tertiary/aromatic N) is 1. The molecule has 25 heavy (non-hydrogen) atoms. The highest BCUT2D eigenvalue weighted by molar-refractivity contribution is 5.89. The van der Waals surface area contributed by atoms with Crippen LogP contribution in [-0.4, -0.2) is 6.79 Å². The van der Waals surface area contributed by atoms with E-state index in [4.69, 9.17) is 9.47 Å². The Balaban J connectivity index is 1.61. The number of nitrogens with one attached hydrogen (secondary N) is 1. The Hall–Kier alpha value is -3.40. The van der Waals surface area contributed by atoms with Crippen LogP contribution in [0, 0.1) is 0 Å². The molecule has 0 saturated carbocycles. The Bertz CT molecular complexity index is 941. The molecule has 0 atom stereocenters. The van der Waals surface area contributed by atoms with E-state index < -0.39 is 0 Å². The summed E-state index contributed by atoms with van der Waals surface area (Å²) < 4.78 is 11.0. The molecule has 3 aliphatic rings. The van der Waals surface area contributed by atoms with Crippen LogP contribution in [0.25, 0.3) is 5.57 Å². The molecular formula is C21H16N2O2. The summed E-state index contributed by atoms with van der Waals surface area (Å²) in [5.74, 6) is 1.59. The van der Waals surface area contributed by atoms with Gasteiger partial charge in [0.1, 0.15) is 0 Å². The predicted molar refractivity (Wildman–Crippen MR) is 97.9 cm³/mol. The quantitative estimate of drug-likeness (QED) is 0.897. The van der Waals surface area contributed by atoms with Crippen molar-refractivity contribution < 1.29 is 9.47 Å². The molecule has 0 saturated heterocycles. The van der Waals surface area contributed by atoms with Gasteiger partial charge in [-0.3, -0.25) is 5.01 Å². The summed E-state index contributed by atoms with van der Waals surface area (Å²) in [5.41, 5.74) is 8.97. The molecule has 5 rings (SSSR count). The van der Waals surface area contributed by atoms with Crippen molar-refractivity contribution in [3.05, 3.63) is 95.9 Å². The minimum atomic E-state index is 0.283. The zero-order valence-electron chi connectivity index (χ0n) is 13.5. The van der Waals surface area contributed by atoms with Crippen LogP contribution in [0.5, 0.6) is 11.5 Å². The Kier molecular flexibility index (Phi) is 3.13. The molecule has 1 N–H and O–H groups in total. The Morgan fingerprint density at radius 1 is 0.880 bits per heavy atom. The van der Waals surface area contributed by atoms with Gasteiger partial charge in [0.2, 0.25) is 6.79 Å². The first-order valence-corrected chi connectivity index (χ1v) is 8.21. The van der Waals surface area contributed by atoms with Crippen molar-refractivity contribution in [2.24, 2.45) is 0 Å². The standard InChI is InChI=1S/C21H16N2O2/c1-2-8-17(9-3-1)23-21(15-6-4-5-7-15)18(13-22-23)16-10-11-19-20(12-16)25-14-24-19/h1-13,22H,14H2. The van der Waals surface area contributed by atoms with Crippen molar-refractivity contribution in [1.29, 1.82) is 0 Å². The number of fused-ring (bicyclic) bond motifs is 1. The molecule has 122 valence electrons.